The number of amides is 1. The Bertz CT molecular complexity index is 125. The van der Waals surface area contributed by atoms with Crippen LogP contribution in [-0.4, -0.2) is 30.6 Å². The molecular weight excluding hydrogens is 166 g/mol. The molecule has 0 fully saturated rings. The fourth-order valence-corrected chi connectivity index (χ4v) is 0.266. The molecule has 0 spiro atoms. The monoisotopic (exact) mass is 181 g/mol. The molecule has 0 atom stereocenters. The van der Waals surface area contributed by atoms with Crippen LogP contribution in [0.3, 0.4) is 0 Å². The molecule has 0 aliphatic rings. The fraction of sp³-hybridized carbons (Fsp3) is 0.667. The van der Waals surface area contributed by atoms with Crippen molar-refractivity contribution in [2.75, 3.05) is 13.2 Å². The molecule has 0 aromatic heterocycles. The van der Waals surface area contributed by atoms with E-state index in [9.17, 15) is 9.59 Å². The maximum atomic E-state index is 9.60. The number of carbonyl (C=O) groups is 2. The van der Waals surface area contributed by atoms with Crippen LogP contribution in [0, 0.1) is 0 Å². The molecule has 0 saturated heterocycles. The van der Waals surface area contributed by atoms with Gasteiger partial charge in [0.2, 0.25) is 0 Å². The zero-order valence-electron chi connectivity index (χ0n) is 7.07. The van der Waals surface area contributed by atoms with Gasteiger partial charge in [-0.2, -0.15) is 0 Å². The van der Waals surface area contributed by atoms with Gasteiger partial charge in [-0.15, -0.1) is 0 Å². The van der Waals surface area contributed by atoms with Crippen molar-refractivity contribution < 1.29 is 25.6 Å². The van der Waals surface area contributed by atoms with E-state index < -0.39 is 12.2 Å². The maximum Gasteiger partial charge on any atom is 0.505 e. The molecule has 0 aliphatic heterocycles. The molecule has 0 unspecified atom stereocenters. The second-order valence-electron chi connectivity index (χ2n) is 1.45. The lowest BCUT2D eigenvalue weighted by Gasteiger charge is -1.89. The first-order chi connectivity index (χ1) is 5.54. The van der Waals surface area contributed by atoms with Gasteiger partial charge in [0.15, 0.2) is 0 Å². The van der Waals surface area contributed by atoms with Gasteiger partial charge in [0.25, 0.3) is 0 Å². The summed E-state index contributed by atoms with van der Waals surface area (Å²) in [5.41, 5.74) is 4.54. The minimum atomic E-state index is -1.21. The van der Waals surface area contributed by atoms with Gasteiger partial charge in [0.05, 0.1) is 13.2 Å². The minimum absolute atomic E-state index is 0. The smallest absolute Gasteiger partial charge is 0.450 e. The number of hydrogen-bond acceptors (Lipinski definition) is 4. The Hall–Kier alpha value is -1.46. The molecule has 6 nitrogen and oxygen atoms in total. The number of carboxylic acid groups (broad SMARTS) is 1. The number of nitrogens with two attached hydrogens (primary N) is 1. The zero-order valence-corrected chi connectivity index (χ0v) is 7.07. The van der Waals surface area contributed by atoms with Crippen LogP contribution in [0.25, 0.3) is 0 Å². The Balaban J connectivity index is -0.000000143. The van der Waals surface area contributed by atoms with Crippen LogP contribution < -0.4 is 5.73 Å². The lowest BCUT2D eigenvalue weighted by molar-refractivity contribution is 0.0966. The van der Waals surface area contributed by atoms with Crippen LogP contribution in [0.1, 0.15) is 15.3 Å². The molecule has 0 bridgehead atoms. The van der Waals surface area contributed by atoms with Crippen LogP contribution in [0.5, 0.6) is 0 Å². The summed E-state index contributed by atoms with van der Waals surface area (Å²) < 4.78 is 8.14. The van der Waals surface area contributed by atoms with Crippen LogP contribution in [0.2, 0.25) is 0 Å². The zero-order chi connectivity index (χ0) is 9.98. The summed E-state index contributed by atoms with van der Waals surface area (Å²) in [4.78, 5) is 19.0. The molecular formula is C6H15NO5. The van der Waals surface area contributed by atoms with Gasteiger partial charge < -0.3 is 20.3 Å². The van der Waals surface area contributed by atoms with Crippen LogP contribution in [-0.2, 0) is 9.47 Å². The van der Waals surface area contributed by atoms with E-state index in [0.29, 0.717) is 6.61 Å². The highest BCUT2D eigenvalue weighted by atomic mass is 16.7. The topological polar surface area (TPSA) is 98.8 Å². The van der Waals surface area contributed by atoms with Gasteiger partial charge >= 0.3 is 12.2 Å². The van der Waals surface area contributed by atoms with E-state index in [2.05, 4.69) is 15.2 Å². The normalized spacial score (nSPS) is 7.50. The highest BCUT2D eigenvalue weighted by Crippen LogP contribution is 1.69. The maximum absolute atomic E-state index is 9.60. The largest absolute Gasteiger partial charge is 0.505 e. The Morgan fingerprint density at radius 1 is 1.33 bits per heavy atom. The summed E-state index contributed by atoms with van der Waals surface area (Å²) in [7, 11) is 0. The summed E-state index contributed by atoms with van der Waals surface area (Å²) in [6.45, 7) is 3.91. The molecule has 0 heterocycles. The first-order valence-electron chi connectivity index (χ1n) is 3.32. The van der Waals surface area contributed by atoms with Crippen LogP contribution >= 0.6 is 0 Å². The van der Waals surface area contributed by atoms with Crippen molar-refractivity contribution in [1.29, 1.82) is 0 Å². The number of hydrogen-bond donors (Lipinski definition) is 2. The lowest BCUT2D eigenvalue weighted by Crippen LogP contribution is -2.11. The summed E-state index contributed by atoms with van der Waals surface area (Å²) >= 11 is 0. The van der Waals surface area contributed by atoms with E-state index in [1.807, 2.05) is 0 Å². The SMILES string of the molecule is CCOC(=O)O.CCOC(N)=O.[HH]. The van der Waals surface area contributed by atoms with Crippen molar-refractivity contribution in [3.63, 3.8) is 0 Å². The molecule has 0 radical (unpaired) electrons. The fourth-order valence-electron chi connectivity index (χ4n) is 0.266. The first-order valence-corrected chi connectivity index (χ1v) is 3.32. The predicted molar refractivity (Wildman–Crippen MR) is 43.0 cm³/mol. The lowest BCUT2D eigenvalue weighted by atomic mass is 10.9. The number of ether oxygens (including phenoxy) is 2. The number of carbonyl (C=O) groups excluding carboxylic acids is 1. The molecule has 6 heteroatoms. The van der Waals surface area contributed by atoms with Gasteiger partial charge in [-0.05, 0) is 13.8 Å². The Labute approximate surface area is 71.7 Å². The molecule has 0 rings (SSSR count). The molecule has 3 N–H and O–H groups in total. The van der Waals surface area contributed by atoms with Crippen molar-refractivity contribution in [3.8, 4) is 0 Å². The molecule has 0 aliphatic carbocycles. The Kier molecular flexibility index (Phi) is 10.5. The van der Waals surface area contributed by atoms with E-state index >= 15 is 0 Å². The molecule has 0 saturated carbocycles. The highest BCUT2D eigenvalue weighted by Gasteiger charge is 1.86. The van der Waals surface area contributed by atoms with Crippen molar-refractivity contribution in [2.45, 2.75) is 13.8 Å². The van der Waals surface area contributed by atoms with Gasteiger partial charge in [0, 0.05) is 1.43 Å². The van der Waals surface area contributed by atoms with E-state index in [1.165, 1.54) is 0 Å². The number of rotatable bonds is 2. The summed E-state index contributed by atoms with van der Waals surface area (Å²) in [6, 6.07) is 0. The van der Waals surface area contributed by atoms with E-state index in [1.54, 1.807) is 13.8 Å². The van der Waals surface area contributed by atoms with Crippen LogP contribution in [0.4, 0.5) is 9.59 Å². The van der Waals surface area contributed by atoms with E-state index in [4.69, 9.17) is 5.11 Å². The third-order valence-electron chi connectivity index (χ3n) is 0.554. The van der Waals surface area contributed by atoms with Gasteiger partial charge in [-0.1, -0.05) is 0 Å². The molecule has 74 valence electrons. The molecule has 0 aromatic carbocycles. The third kappa shape index (κ3) is 23.6. The second-order valence-corrected chi connectivity index (χ2v) is 1.45. The van der Waals surface area contributed by atoms with Crippen LogP contribution in [0.15, 0.2) is 0 Å². The summed E-state index contributed by atoms with van der Waals surface area (Å²) in [5, 5.41) is 7.69. The van der Waals surface area contributed by atoms with Gasteiger partial charge in [0.1, 0.15) is 0 Å². The summed E-state index contributed by atoms with van der Waals surface area (Å²) in [5.74, 6) is 0. The first kappa shape index (κ1) is 13.2. The average molecular weight is 181 g/mol. The molecule has 12 heavy (non-hydrogen) atoms. The minimum Gasteiger partial charge on any atom is -0.450 e. The van der Waals surface area contributed by atoms with Gasteiger partial charge in [-0.3, -0.25) is 0 Å². The van der Waals surface area contributed by atoms with Gasteiger partial charge in [-0.25, -0.2) is 9.59 Å². The molecule has 0 aromatic rings. The standard InChI is InChI=1S/C3H7NO2.C3H6O3.H2/c2*1-2-6-3(4)5;/h2H2,1H3,(H2,4,5);2H2,1H3,(H,4,5);1H. The second kappa shape index (κ2) is 9.54. The predicted octanol–water partition coefficient (Wildman–Crippen LogP) is 1.05. The molecule has 1 amide bonds. The van der Waals surface area contributed by atoms with Crippen molar-refractivity contribution in [2.24, 2.45) is 5.73 Å². The summed E-state index contributed by atoms with van der Waals surface area (Å²) in [6.07, 6.45) is -1.92. The van der Waals surface area contributed by atoms with E-state index in [0.717, 1.165) is 0 Å². The quantitative estimate of drug-likeness (QED) is 0.620. The Morgan fingerprint density at radius 2 is 1.75 bits per heavy atom. The van der Waals surface area contributed by atoms with Crippen molar-refractivity contribution in [1.82, 2.24) is 0 Å². The van der Waals surface area contributed by atoms with Crippen molar-refractivity contribution >= 4 is 12.2 Å². The average Bonchev–Trinajstić information content (AvgIpc) is 1.87. The third-order valence-corrected chi connectivity index (χ3v) is 0.554. The van der Waals surface area contributed by atoms with Crippen molar-refractivity contribution in [3.05, 3.63) is 0 Å². The van der Waals surface area contributed by atoms with E-state index in [-0.39, 0.29) is 8.03 Å². The highest BCUT2D eigenvalue weighted by molar-refractivity contribution is 5.64. The number of primary amides is 1. The Morgan fingerprint density at radius 3 is 1.75 bits per heavy atom.